The van der Waals surface area contributed by atoms with Gasteiger partial charge in [-0.1, -0.05) is 60.7 Å². The van der Waals surface area contributed by atoms with Gasteiger partial charge in [0.15, 0.2) is 0 Å². The highest BCUT2D eigenvalue weighted by molar-refractivity contribution is 7.89. The first-order valence-electron chi connectivity index (χ1n) is 13.9. The third-order valence-corrected chi connectivity index (χ3v) is 9.46. The first-order valence-corrected chi connectivity index (χ1v) is 15.4. The molecular formula is C33H33N3O3S. The maximum atomic E-state index is 14.0. The summed E-state index contributed by atoms with van der Waals surface area (Å²) in [5.41, 5.74) is 5.74. The first kappa shape index (κ1) is 26.4. The summed E-state index contributed by atoms with van der Waals surface area (Å²) >= 11 is 0. The molecule has 1 aromatic heterocycles. The summed E-state index contributed by atoms with van der Waals surface area (Å²) in [5.74, 6) is 0.203. The van der Waals surface area contributed by atoms with E-state index in [1.807, 2.05) is 60.4 Å². The lowest BCUT2D eigenvalue weighted by Gasteiger charge is -2.29. The number of aromatic nitrogens is 1. The van der Waals surface area contributed by atoms with Crippen LogP contribution in [0.4, 0.5) is 5.69 Å². The van der Waals surface area contributed by atoms with Crippen LogP contribution < -0.4 is 9.62 Å². The van der Waals surface area contributed by atoms with E-state index >= 15 is 0 Å². The summed E-state index contributed by atoms with van der Waals surface area (Å²) < 4.78 is 29.3. The van der Waals surface area contributed by atoms with Gasteiger partial charge in [0.2, 0.25) is 15.9 Å². The molecule has 0 spiro atoms. The summed E-state index contributed by atoms with van der Waals surface area (Å²) in [4.78, 5) is 20.8. The lowest BCUT2D eigenvalue weighted by molar-refractivity contribution is -0.120. The van der Waals surface area contributed by atoms with Crippen molar-refractivity contribution in [1.29, 1.82) is 0 Å². The Morgan fingerprint density at radius 3 is 2.45 bits per heavy atom. The van der Waals surface area contributed by atoms with Gasteiger partial charge in [0.25, 0.3) is 0 Å². The van der Waals surface area contributed by atoms with Gasteiger partial charge in [0, 0.05) is 23.3 Å². The van der Waals surface area contributed by atoms with Crippen LogP contribution in [0.15, 0.2) is 102 Å². The molecule has 1 fully saturated rings. The number of pyridine rings is 1. The predicted molar refractivity (Wildman–Crippen MR) is 156 cm³/mol. The Morgan fingerprint density at radius 1 is 0.950 bits per heavy atom. The second-order valence-electron chi connectivity index (χ2n) is 10.8. The maximum Gasteiger partial charge on any atom is 0.241 e. The number of hydrogen-bond acceptors (Lipinski definition) is 4. The molecule has 204 valence electrons. The number of sulfonamides is 1. The number of hydrogen-bond donors (Lipinski definition) is 1. The maximum absolute atomic E-state index is 14.0. The van der Waals surface area contributed by atoms with E-state index in [2.05, 4.69) is 27.9 Å². The molecule has 0 radical (unpaired) electrons. The molecule has 2 aliphatic rings. The van der Waals surface area contributed by atoms with Crippen LogP contribution in [0.25, 0.3) is 0 Å². The minimum absolute atomic E-state index is 0.0781. The van der Waals surface area contributed by atoms with Gasteiger partial charge < -0.3 is 4.90 Å². The SMILES string of the molecule is Cc1cccc(CN(C(=O)C2C[C@@H]2c2ccccc2)c2ccc3c(c2)[C@H](NS(=O)(=O)c2ccccc2)CCC3)n1. The van der Waals surface area contributed by atoms with E-state index in [-0.39, 0.29) is 28.7 Å². The van der Waals surface area contributed by atoms with Gasteiger partial charge in [0.05, 0.1) is 17.1 Å². The fourth-order valence-electron chi connectivity index (χ4n) is 5.81. The van der Waals surface area contributed by atoms with Crippen LogP contribution in [0.5, 0.6) is 0 Å². The minimum atomic E-state index is -3.69. The number of amides is 1. The van der Waals surface area contributed by atoms with Gasteiger partial charge >= 0.3 is 0 Å². The van der Waals surface area contributed by atoms with Crippen molar-refractivity contribution >= 4 is 21.6 Å². The molecule has 0 saturated heterocycles. The molecule has 3 aromatic carbocycles. The lowest BCUT2D eigenvalue weighted by Crippen LogP contribution is -2.34. The van der Waals surface area contributed by atoms with Crippen molar-refractivity contribution in [3.8, 4) is 0 Å². The molecule has 0 aliphatic heterocycles. The van der Waals surface area contributed by atoms with E-state index in [1.54, 1.807) is 30.3 Å². The number of nitrogens with one attached hydrogen (secondary N) is 1. The van der Waals surface area contributed by atoms with Crippen LogP contribution in [0.2, 0.25) is 0 Å². The second-order valence-corrected chi connectivity index (χ2v) is 12.5. The normalized spacial score (nSPS) is 20.0. The van der Waals surface area contributed by atoms with E-state index in [4.69, 9.17) is 0 Å². The third kappa shape index (κ3) is 5.58. The number of fused-ring (bicyclic) bond motifs is 1. The lowest BCUT2D eigenvalue weighted by atomic mass is 9.87. The van der Waals surface area contributed by atoms with Crippen LogP contribution in [0, 0.1) is 12.8 Å². The van der Waals surface area contributed by atoms with Crippen LogP contribution >= 0.6 is 0 Å². The van der Waals surface area contributed by atoms with Crippen molar-refractivity contribution in [3.05, 3.63) is 125 Å². The average Bonchev–Trinajstić information content (AvgIpc) is 3.78. The van der Waals surface area contributed by atoms with Gasteiger partial charge in [-0.15, -0.1) is 0 Å². The predicted octanol–water partition coefficient (Wildman–Crippen LogP) is 6.08. The molecule has 1 heterocycles. The largest absolute Gasteiger partial charge is 0.306 e. The monoisotopic (exact) mass is 551 g/mol. The number of carbonyl (C=O) groups is 1. The van der Waals surface area contributed by atoms with Gasteiger partial charge in [-0.2, -0.15) is 0 Å². The second kappa shape index (κ2) is 11.0. The Hall–Kier alpha value is -3.81. The van der Waals surface area contributed by atoms with Crippen molar-refractivity contribution in [2.45, 2.75) is 56.0 Å². The highest BCUT2D eigenvalue weighted by Gasteiger charge is 2.46. The Kier molecular flexibility index (Phi) is 7.26. The standard InChI is InChI=1S/C33H33N3O3S/c1-23-10-8-14-26(34-23)22-36(33(37)31-21-29(31)24-11-4-2-5-12-24)27-19-18-25-13-9-17-32(30(25)20-27)35-40(38,39)28-15-6-3-7-16-28/h2-8,10-12,14-16,18-20,29,31-32,35H,9,13,17,21-22H2,1H3/t29-,31?,32-/m1/s1. The highest BCUT2D eigenvalue weighted by atomic mass is 32.2. The Labute approximate surface area is 236 Å². The summed E-state index contributed by atoms with van der Waals surface area (Å²) in [6, 6.07) is 30.3. The van der Waals surface area contributed by atoms with E-state index in [0.717, 1.165) is 47.5 Å². The minimum Gasteiger partial charge on any atom is -0.306 e. The highest BCUT2D eigenvalue weighted by Crippen LogP contribution is 2.49. The molecule has 0 bridgehead atoms. The van der Waals surface area contributed by atoms with E-state index in [9.17, 15) is 13.2 Å². The zero-order chi connectivity index (χ0) is 27.7. The molecule has 7 heteroatoms. The molecule has 3 atom stereocenters. The van der Waals surface area contributed by atoms with E-state index in [1.165, 1.54) is 5.56 Å². The van der Waals surface area contributed by atoms with Crippen LogP contribution in [-0.4, -0.2) is 19.3 Å². The Bertz CT molecular complexity index is 1620. The number of carbonyl (C=O) groups excluding carboxylic acids is 1. The molecule has 40 heavy (non-hydrogen) atoms. The summed E-state index contributed by atoms with van der Waals surface area (Å²) in [7, 11) is -3.69. The number of nitrogens with zero attached hydrogens (tertiary/aromatic N) is 2. The van der Waals surface area contributed by atoms with Crippen molar-refractivity contribution in [2.75, 3.05) is 4.90 Å². The molecule has 4 aromatic rings. The van der Waals surface area contributed by atoms with Gasteiger partial charge in [-0.25, -0.2) is 13.1 Å². The van der Waals surface area contributed by atoms with Gasteiger partial charge in [0.1, 0.15) is 0 Å². The fourth-order valence-corrected chi connectivity index (χ4v) is 7.09. The van der Waals surface area contributed by atoms with E-state index < -0.39 is 10.0 Å². The number of benzene rings is 3. The summed E-state index contributed by atoms with van der Waals surface area (Å²) in [6.07, 6.45) is 3.30. The topological polar surface area (TPSA) is 79.4 Å². The third-order valence-electron chi connectivity index (χ3n) is 7.97. The van der Waals surface area contributed by atoms with Crippen LogP contribution in [0.1, 0.15) is 59.3 Å². The van der Waals surface area contributed by atoms with Crippen molar-refractivity contribution in [2.24, 2.45) is 5.92 Å². The zero-order valence-electron chi connectivity index (χ0n) is 22.5. The molecule has 6 rings (SSSR count). The quantitative estimate of drug-likeness (QED) is 0.288. The molecule has 1 unspecified atom stereocenters. The van der Waals surface area contributed by atoms with Crippen molar-refractivity contribution < 1.29 is 13.2 Å². The molecule has 1 amide bonds. The van der Waals surface area contributed by atoms with Crippen LogP contribution in [-0.2, 0) is 27.8 Å². The molecule has 1 N–H and O–H groups in total. The smallest absolute Gasteiger partial charge is 0.241 e. The number of aryl methyl sites for hydroxylation is 2. The first-order chi connectivity index (χ1) is 19.4. The molecular weight excluding hydrogens is 518 g/mol. The summed E-state index contributed by atoms with van der Waals surface area (Å²) in [6.45, 7) is 2.31. The number of rotatable bonds is 8. The Balaban J connectivity index is 1.32. The van der Waals surface area contributed by atoms with Crippen molar-refractivity contribution in [3.63, 3.8) is 0 Å². The number of anilines is 1. The summed E-state index contributed by atoms with van der Waals surface area (Å²) in [5, 5.41) is 0. The van der Waals surface area contributed by atoms with Crippen molar-refractivity contribution in [1.82, 2.24) is 9.71 Å². The van der Waals surface area contributed by atoms with Gasteiger partial charge in [-0.3, -0.25) is 9.78 Å². The zero-order valence-corrected chi connectivity index (χ0v) is 23.3. The average molecular weight is 552 g/mol. The molecule has 1 saturated carbocycles. The van der Waals surface area contributed by atoms with Crippen LogP contribution in [0.3, 0.4) is 0 Å². The molecule has 2 aliphatic carbocycles. The Morgan fingerprint density at radius 2 is 1.70 bits per heavy atom. The van der Waals surface area contributed by atoms with E-state index in [0.29, 0.717) is 13.0 Å². The molecule has 6 nitrogen and oxygen atoms in total. The van der Waals surface area contributed by atoms with Gasteiger partial charge in [-0.05, 0) is 91.6 Å². The fraction of sp³-hybridized carbons (Fsp3) is 0.273.